The van der Waals surface area contributed by atoms with E-state index in [-0.39, 0.29) is 5.91 Å². The Hall–Kier alpha value is -0.570. The van der Waals surface area contributed by atoms with Crippen LogP contribution in [0, 0.1) is 0 Å². The van der Waals surface area contributed by atoms with Crippen LogP contribution in [0.2, 0.25) is 0 Å². The van der Waals surface area contributed by atoms with Gasteiger partial charge in [0.2, 0.25) is 0 Å². The third-order valence-corrected chi connectivity index (χ3v) is 2.77. The van der Waals surface area contributed by atoms with Crippen molar-refractivity contribution >= 4 is 5.91 Å². The zero-order chi connectivity index (χ0) is 11.2. The van der Waals surface area contributed by atoms with Crippen LogP contribution in [0.25, 0.3) is 0 Å². The van der Waals surface area contributed by atoms with E-state index in [2.05, 4.69) is 6.92 Å². The Bertz CT molecular complexity index is 176. The maximum Gasteiger partial charge on any atom is 0.254 e. The number of nitrogens with zero attached hydrogens (tertiary/aromatic N) is 1. The summed E-state index contributed by atoms with van der Waals surface area (Å²) in [5.74, 6) is 0.0796. The smallest absolute Gasteiger partial charge is 0.254 e. The lowest BCUT2D eigenvalue weighted by Gasteiger charge is -2.30. The predicted molar refractivity (Wildman–Crippen MR) is 58.3 cm³/mol. The van der Waals surface area contributed by atoms with Crippen molar-refractivity contribution in [2.45, 2.75) is 45.6 Å². The highest BCUT2D eigenvalue weighted by atomic mass is 16.5. The van der Waals surface area contributed by atoms with Gasteiger partial charge in [0.15, 0.2) is 0 Å². The first-order chi connectivity index (χ1) is 6.51. The summed E-state index contributed by atoms with van der Waals surface area (Å²) in [4.78, 5) is 13.7. The van der Waals surface area contributed by atoms with Crippen LogP contribution in [-0.4, -0.2) is 37.1 Å². The molecule has 3 nitrogen and oxygen atoms in total. The van der Waals surface area contributed by atoms with Crippen LogP contribution in [0.4, 0.5) is 0 Å². The number of methoxy groups -OCH3 is 1. The van der Waals surface area contributed by atoms with E-state index in [1.54, 1.807) is 12.0 Å². The van der Waals surface area contributed by atoms with Crippen molar-refractivity contribution in [2.24, 2.45) is 0 Å². The van der Waals surface area contributed by atoms with Crippen LogP contribution >= 0.6 is 0 Å². The number of carbonyl (C=O) groups is 1. The molecule has 0 aromatic heterocycles. The normalized spacial score (nSPS) is 14.9. The molecule has 0 fully saturated rings. The lowest BCUT2D eigenvalue weighted by molar-refractivity contribution is -0.152. The molecule has 0 heterocycles. The minimum Gasteiger partial charge on any atom is -0.369 e. The average Bonchev–Trinajstić information content (AvgIpc) is 2.23. The summed E-state index contributed by atoms with van der Waals surface area (Å²) < 4.78 is 5.26. The summed E-state index contributed by atoms with van der Waals surface area (Å²) in [6.07, 6.45) is 2.86. The van der Waals surface area contributed by atoms with Crippen molar-refractivity contribution in [3.05, 3.63) is 0 Å². The summed E-state index contributed by atoms with van der Waals surface area (Å²) in [6.45, 7) is 6.74. The van der Waals surface area contributed by atoms with E-state index in [1.807, 2.05) is 20.9 Å². The van der Waals surface area contributed by atoms with Gasteiger partial charge in [0, 0.05) is 20.7 Å². The number of rotatable bonds is 6. The zero-order valence-electron chi connectivity index (χ0n) is 10.1. The van der Waals surface area contributed by atoms with Crippen molar-refractivity contribution < 1.29 is 9.53 Å². The van der Waals surface area contributed by atoms with Gasteiger partial charge in [-0.05, 0) is 19.8 Å². The summed E-state index contributed by atoms with van der Waals surface area (Å²) >= 11 is 0. The van der Waals surface area contributed by atoms with Crippen LogP contribution in [0.3, 0.4) is 0 Å². The number of amides is 1. The maximum absolute atomic E-state index is 11.9. The fourth-order valence-electron chi connectivity index (χ4n) is 1.28. The molecule has 0 aliphatic carbocycles. The molecule has 14 heavy (non-hydrogen) atoms. The van der Waals surface area contributed by atoms with Crippen molar-refractivity contribution in [3.8, 4) is 0 Å². The van der Waals surface area contributed by atoms with E-state index in [0.717, 1.165) is 19.4 Å². The van der Waals surface area contributed by atoms with Crippen molar-refractivity contribution in [3.63, 3.8) is 0 Å². The second kappa shape index (κ2) is 6.02. The quantitative estimate of drug-likeness (QED) is 0.658. The molecule has 0 bridgehead atoms. The first kappa shape index (κ1) is 13.4. The molecule has 1 amide bonds. The molecule has 1 unspecified atom stereocenters. The van der Waals surface area contributed by atoms with Crippen molar-refractivity contribution in [1.29, 1.82) is 0 Å². The molecule has 3 heteroatoms. The van der Waals surface area contributed by atoms with Gasteiger partial charge < -0.3 is 9.64 Å². The molecule has 0 saturated heterocycles. The second-order valence-corrected chi connectivity index (χ2v) is 3.87. The summed E-state index contributed by atoms with van der Waals surface area (Å²) in [6, 6.07) is 0. The molecule has 0 spiro atoms. The second-order valence-electron chi connectivity index (χ2n) is 3.87. The molecule has 0 aliphatic rings. The van der Waals surface area contributed by atoms with Gasteiger partial charge in [0.25, 0.3) is 5.91 Å². The number of hydrogen-bond acceptors (Lipinski definition) is 2. The Balaban J connectivity index is 4.28. The molecule has 84 valence electrons. The van der Waals surface area contributed by atoms with Crippen LogP contribution in [0.15, 0.2) is 0 Å². The van der Waals surface area contributed by atoms with Crippen LogP contribution < -0.4 is 0 Å². The van der Waals surface area contributed by atoms with Crippen LogP contribution in [0.5, 0.6) is 0 Å². The van der Waals surface area contributed by atoms with Crippen molar-refractivity contribution in [2.75, 3.05) is 20.7 Å². The summed E-state index contributed by atoms with van der Waals surface area (Å²) in [5, 5.41) is 0. The molecule has 0 saturated carbocycles. The molecule has 0 aromatic rings. The Kier molecular flexibility index (Phi) is 5.77. The highest BCUT2D eigenvalue weighted by Crippen LogP contribution is 2.17. The van der Waals surface area contributed by atoms with Gasteiger partial charge in [-0.3, -0.25) is 4.79 Å². The van der Waals surface area contributed by atoms with Gasteiger partial charge in [-0.1, -0.05) is 20.3 Å². The molecule has 1 atom stereocenters. The lowest BCUT2D eigenvalue weighted by Crippen LogP contribution is -2.46. The number of likely N-dealkylation sites (N-methyl/N-ethyl adjacent to an activating group) is 1. The van der Waals surface area contributed by atoms with E-state index in [4.69, 9.17) is 4.74 Å². The van der Waals surface area contributed by atoms with E-state index in [9.17, 15) is 4.79 Å². The van der Waals surface area contributed by atoms with Gasteiger partial charge >= 0.3 is 0 Å². The van der Waals surface area contributed by atoms with Gasteiger partial charge in [-0.15, -0.1) is 0 Å². The molecular weight excluding hydrogens is 178 g/mol. The maximum atomic E-state index is 11.9. The molecular formula is C11H23NO2. The van der Waals surface area contributed by atoms with E-state index < -0.39 is 5.60 Å². The van der Waals surface area contributed by atoms with Crippen molar-refractivity contribution in [1.82, 2.24) is 4.90 Å². The molecule has 0 aliphatic heterocycles. The summed E-state index contributed by atoms with van der Waals surface area (Å²) in [5.41, 5.74) is -0.650. The van der Waals surface area contributed by atoms with E-state index in [1.165, 1.54) is 0 Å². The van der Waals surface area contributed by atoms with Gasteiger partial charge in [-0.2, -0.15) is 0 Å². The topological polar surface area (TPSA) is 29.5 Å². The monoisotopic (exact) mass is 201 g/mol. The fraction of sp³-hybridized carbons (Fsp3) is 0.909. The number of hydrogen-bond donors (Lipinski definition) is 0. The largest absolute Gasteiger partial charge is 0.369 e. The molecule has 0 aromatic carbocycles. The fourth-order valence-corrected chi connectivity index (χ4v) is 1.28. The molecule has 0 rings (SSSR count). The predicted octanol–water partition coefficient (Wildman–Crippen LogP) is 2.06. The average molecular weight is 201 g/mol. The third-order valence-electron chi connectivity index (χ3n) is 2.77. The highest BCUT2D eigenvalue weighted by Gasteiger charge is 2.33. The molecule has 0 radical (unpaired) electrons. The standard InChI is InChI=1S/C11H23NO2/c1-6-8-9-12(4)10(13)11(3,7-2)14-5/h6-9H2,1-5H3. The summed E-state index contributed by atoms with van der Waals surface area (Å²) in [7, 11) is 3.43. The van der Waals surface area contributed by atoms with Gasteiger partial charge in [0.05, 0.1) is 0 Å². The Labute approximate surface area is 87.4 Å². The SMILES string of the molecule is CCCCN(C)C(=O)C(C)(CC)OC. The minimum atomic E-state index is -0.650. The van der Waals surface area contributed by atoms with Crippen LogP contribution in [-0.2, 0) is 9.53 Å². The van der Waals surface area contributed by atoms with E-state index in [0.29, 0.717) is 6.42 Å². The Morgan fingerprint density at radius 1 is 1.43 bits per heavy atom. The highest BCUT2D eigenvalue weighted by molar-refractivity contribution is 5.84. The first-order valence-electron chi connectivity index (χ1n) is 5.32. The van der Waals surface area contributed by atoms with E-state index >= 15 is 0 Å². The Morgan fingerprint density at radius 3 is 2.36 bits per heavy atom. The molecule has 0 N–H and O–H groups in total. The minimum absolute atomic E-state index is 0.0796. The lowest BCUT2D eigenvalue weighted by atomic mass is 10.0. The Morgan fingerprint density at radius 2 is 2.00 bits per heavy atom. The van der Waals surface area contributed by atoms with Gasteiger partial charge in [-0.25, -0.2) is 0 Å². The number of ether oxygens (including phenoxy) is 1. The zero-order valence-corrected chi connectivity index (χ0v) is 10.1. The third kappa shape index (κ3) is 3.29. The van der Waals surface area contributed by atoms with Gasteiger partial charge in [0.1, 0.15) is 5.60 Å². The van der Waals surface area contributed by atoms with Crippen LogP contribution in [0.1, 0.15) is 40.0 Å². The first-order valence-corrected chi connectivity index (χ1v) is 5.32. The number of unbranched alkanes of at least 4 members (excludes halogenated alkanes) is 1. The number of carbonyl (C=O) groups excluding carboxylic acids is 1.